The molecule has 0 bridgehead atoms. The van der Waals surface area contributed by atoms with Gasteiger partial charge in [-0.05, 0) is 0 Å². The molecule has 0 spiro atoms. The molecular weight excluding hydrogens is 264 g/mol. The van der Waals surface area contributed by atoms with Gasteiger partial charge in [0.2, 0.25) is 0 Å². The molecule has 0 saturated carbocycles. The predicted molar refractivity (Wildman–Crippen MR) is 29.0 cm³/mol. The standard InChI is InChI=1S/C4H8.C2H3.Ir/c1-3-4-2;1-2;/h1-4H2;1H,2H2;. The van der Waals surface area contributed by atoms with Crippen molar-refractivity contribution >= 4 is 0 Å². The van der Waals surface area contributed by atoms with E-state index < -0.39 is 16.5 Å². The summed E-state index contributed by atoms with van der Waals surface area (Å²) in [6.07, 6.45) is 3.00. The third kappa shape index (κ3) is 1.40. The van der Waals surface area contributed by atoms with Crippen LogP contribution in [0.25, 0.3) is 0 Å². The van der Waals surface area contributed by atoms with Gasteiger partial charge in [-0.1, -0.05) is 0 Å². The van der Waals surface area contributed by atoms with Gasteiger partial charge in [0.15, 0.2) is 0 Å². The molecule has 0 atom stereocenters. The average Bonchev–Trinajstić information content (AvgIpc) is 2.14. The van der Waals surface area contributed by atoms with Crippen LogP contribution in [-0.4, -0.2) is 0 Å². The molecule has 1 saturated heterocycles. The molecular formula is C6H11Ir. The second kappa shape index (κ2) is 2.64. The van der Waals surface area contributed by atoms with E-state index in [0.29, 0.717) is 0 Å². The quantitative estimate of drug-likeness (QED) is 0.689. The van der Waals surface area contributed by atoms with Gasteiger partial charge in [-0.2, -0.15) is 0 Å². The molecule has 0 aromatic carbocycles. The SMILES string of the molecule is C=[CH][Ir]1[CH2]CC[CH2]1. The maximum atomic E-state index is 3.82. The van der Waals surface area contributed by atoms with Gasteiger partial charge in [-0.25, -0.2) is 0 Å². The Morgan fingerprint density at radius 1 is 1.29 bits per heavy atom. The molecule has 1 fully saturated rings. The summed E-state index contributed by atoms with van der Waals surface area (Å²) < 4.78 is 2.26. The van der Waals surface area contributed by atoms with E-state index in [2.05, 4.69) is 11.2 Å². The summed E-state index contributed by atoms with van der Waals surface area (Å²) in [5.41, 5.74) is 0. The molecule has 1 aliphatic rings. The number of hydrogen-bond acceptors (Lipinski definition) is 0. The van der Waals surface area contributed by atoms with Crippen LogP contribution in [0.5, 0.6) is 0 Å². The van der Waals surface area contributed by atoms with E-state index in [1.54, 1.807) is 9.87 Å². The Balaban J connectivity index is 2.26. The predicted octanol–water partition coefficient (Wildman–Crippen LogP) is 2.38. The first-order valence-electron chi connectivity index (χ1n) is 2.57. The summed E-state index contributed by atoms with van der Waals surface area (Å²) in [7, 11) is 0. The zero-order valence-electron chi connectivity index (χ0n) is 4.45. The first-order chi connectivity index (χ1) is 3.43. The third-order valence-electron chi connectivity index (χ3n) is 1.11. The van der Waals surface area contributed by atoms with Crippen LogP contribution in [0.1, 0.15) is 12.8 Å². The van der Waals surface area contributed by atoms with Crippen LogP contribution in [0.4, 0.5) is 0 Å². The van der Waals surface area contributed by atoms with Crippen LogP contribution in [-0.2, 0) is 16.5 Å². The molecule has 1 heteroatoms. The van der Waals surface area contributed by atoms with Gasteiger partial charge in [-0.15, -0.1) is 0 Å². The fourth-order valence-corrected chi connectivity index (χ4v) is 5.64. The summed E-state index contributed by atoms with van der Waals surface area (Å²) in [6.45, 7) is 3.82. The van der Waals surface area contributed by atoms with E-state index in [0.717, 1.165) is 0 Å². The Morgan fingerprint density at radius 3 is 2.14 bits per heavy atom. The Labute approximate surface area is 50.8 Å². The van der Waals surface area contributed by atoms with E-state index in [9.17, 15) is 0 Å². The summed E-state index contributed by atoms with van der Waals surface area (Å²) >= 11 is -0.528. The molecule has 1 heterocycles. The van der Waals surface area contributed by atoms with Crippen LogP contribution >= 0.6 is 0 Å². The van der Waals surface area contributed by atoms with E-state index in [1.165, 1.54) is 12.8 Å². The normalized spacial score (nSPS) is 25.4. The number of hydrogen-bond donors (Lipinski definition) is 0. The summed E-state index contributed by atoms with van der Waals surface area (Å²) in [5, 5.41) is 0. The summed E-state index contributed by atoms with van der Waals surface area (Å²) in [5.74, 6) is 0. The van der Waals surface area contributed by atoms with Gasteiger partial charge in [0.1, 0.15) is 0 Å². The van der Waals surface area contributed by atoms with Crippen molar-refractivity contribution in [2.45, 2.75) is 22.7 Å². The minimum absolute atomic E-state index is 0.528. The van der Waals surface area contributed by atoms with E-state index >= 15 is 0 Å². The van der Waals surface area contributed by atoms with Crippen LogP contribution in [0.15, 0.2) is 11.2 Å². The van der Waals surface area contributed by atoms with Crippen molar-refractivity contribution in [1.29, 1.82) is 0 Å². The Kier molecular flexibility index (Phi) is 2.08. The van der Waals surface area contributed by atoms with Gasteiger partial charge in [0.25, 0.3) is 0 Å². The van der Waals surface area contributed by atoms with Crippen molar-refractivity contribution in [1.82, 2.24) is 0 Å². The molecule has 7 heavy (non-hydrogen) atoms. The zero-order chi connectivity index (χ0) is 5.11. The summed E-state index contributed by atoms with van der Waals surface area (Å²) in [6, 6.07) is 0. The Bertz CT molecular complexity index is 62.6. The molecule has 0 aromatic heterocycles. The van der Waals surface area contributed by atoms with Gasteiger partial charge < -0.3 is 0 Å². The van der Waals surface area contributed by atoms with Crippen LogP contribution < -0.4 is 0 Å². The second-order valence-electron chi connectivity index (χ2n) is 1.62. The van der Waals surface area contributed by atoms with Crippen molar-refractivity contribution < 1.29 is 16.5 Å². The molecule has 1 rings (SSSR count). The van der Waals surface area contributed by atoms with Gasteiger partial charge in [-0.3, -0.25) is 0 Å². The molecule has 0 aliphatic carbocycles. The second-order valence-corrected chi connectivity index (χ2v) is 8.14. The van der Waals surface area contributed by atoms with Crippen LogP contribution in [0.2, 0.25) is 9.87 Å². The maximum absolute atomic E-state index is 3.82. The first-order valence-corrected chi connectivity index (χ1v) is 7.34. The van der Waals surface area contributed by atoms with Crippen molar-refractivity contribution in [3.63, 3.8) is 0 Å². The molecule has 0 amide bonds. The zero-order valence-corrected chi connectivity index (χ0v) is 6.84. The fraction of sp³-hybridized carbons (Fsp3) is 0.667. The molecule has 0 unspecified atom stereocenters. The molecule has 0 nitrogen and oxygen atoms in total. The Hall–Kier alpha value is 0.389. The first kappa shape index (κ1) is 5.52. The Morgan fingerprint density at radius 2 is 1.86 bits per heavy atom. The monoisotopic (exact) mass is 276 g/mol. The van der Waals surface area contributed by atoms with E-state index in [1.807, 2.05) is 0 Å². The van der Waals surface area contributed by atoms with Crippen molar-refractivity contribution in [2.24, 2.45) is 0 Å². The van der Waals surface area contributed by atoms with Gasteiger partial charge >= 0.3 is 50.4 Å². The fourth-order valence-electron chi connectivity index (χ4n) is 0.689. The molecule has 0 radical (unpaired) electrons. The van der Waals surface area contributed by atoms with Crippen molar-refractivity contribution in [2.75, 3.05) is 0 Å². The van der Waals surface area contributed by atoms with Gasteiger partial charge in [0, 0.05) is 0 Å². The van der Waals surface area contributed by atoms with Gasteiger partial charge in [0.05, 0.1) is 0 Å². The molecule has 1 aliphatic heterocycles. The molecule has 0 aromatic rings. The topological polar surface area (TPSA) is 0 Å². The third-order valence-corrected chi connectivity index (χ3v) is 7.26. The molecule has 44 valence electrons. The molecule has 0 N–H and O–H groups in total. The number of rotatable bonds is 1. The summed E-state index contributed by atoms with van der Waals surface area (Å²) in [4.78, 5) is 3.12. The van der Waals surface area contributed by atoms with Crippen molar-refractivity contribution in [3.8, 4) is 0 Å². The van der Waals surface area contributed by atoms with E-state index in [4.69, 9.17) is 0 Å². The van der Waals surface area contributed by atoms with E-state index in [-0.39, 0.29) is 0 Å². The average molecular weight is 275 g/mol. The van der Waals surface area contributed by atoms with Crippen LogP contribution in [0.3, 0.4) is 0 Å². The van der Waals surface area contributed by atoms with Crippen molar-refractivity contribution in [3.05, 3.63) is 11.2 Å². The minimum atomic E-state index is -0.528. The van der Waals surface area contributed by atoms with Crippen LogP contribution in [0, 0.1) is 0 Å².